The lowest BCUT2D eigenvalue weighted by molar-refractivity contribution is 0.0519. The molecule has 3 heterocycles. The number of pyridine rings is 2. The van der Waals surface area contributed by atoms with Gasteiger partial charge >= 0.3 is 5.97 Å². The number of likely N-dealkylation sites (tertiary alicyclic amines) is 1. The molecule has 0 unspecified atom stereocenters. The summed E-state index contributed by atoms with van der Waals surface area (Å²) in [6.07, 6.45) is 3.49. The van der Waals surface area contributed by atoms with Gasteiger partial charge in [0.05, 0.1) is 23.4 Å². The Balaban J connectivity index is 1.55. The van der Waals surface area contributed by atoms with E-state index in [4.69, 9.17) is 10.5 Å². The molecule has 0 atom stereocenters. The summed E-state index contributed by atoms with van der Waals surface area (Å²) in [5, 5.41) is 1.06. The molecule has 2 N–H and O–H groups in total. The number of hydrogen-bond donors (Lipinski definition) is 1. The highest BCUT2D eigenvalue weighted by atomic mass is 16.5. The minimum absolute atomic E-state index is 0.334. The van der Waals surface area contributed by atoms with Gasteiger partial charge in [0, 0.05) is 31.2 Å². The second-order valence-electron chi connectivity index (χ2n) is 7.55. The Labute approximate surface area is 170 Å². The van der Waals surface area contributed by atoms with E-state index in [0.29, 0.717) is 12.3 Å². The van der Waals surface area contributed by atoms with Crippen LogP contribution in [0.5, 0.6) is 0 Å². The van der Waals surface area contributed by atoms with Gasteiger partial charge in [-0.1, -0.05) is 24.3 Å². The van der Waals surface area contributed by atoms with E-state index in [1.54, 1.807) is 13.1 Å². The maximum atomic E-state index is 12.3. The van der Waals surface area contributed by atoms with E-state index >= 15 is 0 Å². The maximum Gasteiger partial charge on any atom is 0.356 e. The molecule has 29 heavy (non-hydrogen) atoms. The van der Waals surface area contributed by atoms with Crippen LogP contribution in [0.2, 0.25) is 0 Å². The third kappa shape index (κ3) is 4.13. The van der Waals surface area contributed by atoms with E-state index in [1.165, 1.54) is 0 Å². The van der Waals surface area contributed by atoms with Crippen molar-refractivity contribution in [2.75, 3.05) is 19.7 Å². The Morgan fingerprint density at radius 3 is 2.66 bits per heavy atom. The molecule has 1 aliphatic heterocycles. The Kier molecular flexibility index (Phi) is 5.56. The number of piperidine rings is 1. The smallest absolute Gasteiger partial charge is 0.356 e. The lowest BCUT2D eigenvalue weighted by Gasteiger charge is -2.39. The van der Waals surface area contributed by atoms with E-state index in [-0.39, 0.29) is 11.5 Å². The molecule has 0 spiro atoms. The van der Waals surface area contributed by atoms with Gasteiger partial charge in [0.15, 0.2) is 0 Å². The van der Waals surface area contributed by atoms with Gasteiger partial charge in [0.2, 0.25) is 0 Å². The number of aromatic nitrogens is 2. The van der Waals surface area contributed by atoms with Crippen LogP contribution in [0.4, 0.5) is 0 Å². The number of carbonyl (C=O) groups is 1. The van der Waals surface area contributed by atoms with Crippen molar-refractivity contribution in [3.8, 4) is 0 Å². The van der Waals surface area contributed by atoms with Crippen molar-refractivity contribution in [3.05, 3.63) is 71.7 Å². The van der Waals surface area contributed by atoms with Crippen LogP contribution in [0.15, 0.2) is 54.7 Å². The van der Waals surface area contributed by atoms with Gasteiger partial charge in [-0.15, -0.1) is 0 Å². The van der Waals surface area contributed by atoms with Gasteiger partial charge in [-0.25, -0.2) is 9.78 Å². The van der Waals surface area contributed by atoms with Crippen LogP contribution in [-0.4, -0.2) is 40.5 Å². The number of para-hydroxylation sites is 1. The molecule has 0 amide bonds. The lowest BCUT2D eigenvalue weighted by Crippen LogP contribution is -2.48. The number of esters is 1. The average Bonchev–Trinajstić information content (AvgIpc) is 2.76. The molecule has 1 fully saturated rings. The molecule has 0 bridgehead atoms. The number of nitrogens with zero attached hydrogens (tertiary/aromatic N) is 3. The molecule has 6 heteroatoms. The fourth-order valence-corrected chi connectivity index (χ4v) is 3.95. The summed E-state index contributed by atoms with van der Waals surface area (Å²) in [6, 6.07) is 15.7. The monoisotopic (exact) mass is 390 g/mol. The predicted octanol–water partition coefficient (Wildman–Crippen LogP) is 3.26. The van der Waals surface area contributed by atoms with Crippen LogP contribution in [0, 0.1) is 0 Å². The fourth-order valence-electron chi connectivity index (χ4n) is 3.95. The molecular weight excluding hydrogens is 364 g/mol. The summed E-state index contributed by atoms with van der Waals surface area (Å²) in [5.74, 6) is -0.380. The second kappa shape index (κ2) is 8.27. The van der Waals surface area contributed by atoms with Crippen molar-refractivity contribution in [2.24, 2.45) is 5.73 Å². The summed E-state index contributed by atoms with van der Waals surface area (Å²) in [5.41, 5.74) is 9.50. The number of fused-ring (bicyclic) bond motifs is 1. The van der Waals surface area contributed by atoms with Gasteiger partial charge < -0.3 is 10.5 Å². The summed E-state index contributed by atoms with van der Waals surface area (Å²) < 4.78 is 5.16. The average molecular weight is 390 g/mol. The van der Waals surface area contributed by atoms with Gasteiger partial charge in [0.1, 0.15) is 5.69 Å². The third-order valence-electron chi connectivity index (χ3n) is 5.60. The summed E-state index contributed by atoms with van der Waals surface area (Å²) >= 11 is 0. The van der Waals surface area contributed by atoms with E-state index < -0.39 is 0 Å². The number of carbonyl (C=O) groups excluding carboxylic acids is 1. The maximum absolute atomic E-state index is 12.3. The quantitative estimate of drug-likeness (QED) is 0.674. The first kappa shape index (κ1) is 19.5. The summed E-state index contributed by atoms with van der Waals surface area (Å²) in [4.78, 5) is 23.6. The van der Waals surface area contributed by atoms with E-state index in [2.05, 4.69) is 20.9 Å². The van der Waals surface area contributed by atoms with Crippen molar-refractivity contribution < 1.29 is 9.53 Å². The number of nitrogens with two attached hydrogens (primary N) is 1. The Hall–Kier alpha value is -2.83. The zero-order chi connectivity index (χ0) is 20.3. The molecule has 6 nitrogen and oxygen atoms in total. The van der Waals surface area contributed by atoms with Gasteiger partial charge in [0.25, 0.3) is 0 Å². The van der Waals surface area contributed by atoms with Gasteiger partial charge in [-0.2, -0.15) is 0 Å². The van der Waals surface area contributed by atoms with Gasteiger partial charge in [-0.3, -0.25) is 9.88 Å². The van der Waals surface area contributed by atoms with Crippen molar-refractivity contribution in [1.82, 2.24) is 14.9 Å². The predicted molar refractivity (Wildman–Crippen MR) is 112 cm³/mol. The van der Waals surface area contributed by atoms with Crippen LogP contribution < -0.4 is 5.73 Å². The van der Waals surface area contributed by atoms with Crippen molar-refractivity contribution >= 4 is 16.9 Å². The normalized spacial score (nSPS) is 16.6. The Bertz CT molecular complexity index is 998. The largest absolute Gasteiger partial charge is 0.461 e. The topological polar surface area (TPSA) is 81.3 Å². The standard InChI is InChI=1S/C23H26N4O2/c1-2-29-22(28)20-15-17(18-7-3-4-8-19(18)26-20)16-27-13-10-23(24,11-14-27)21-9-5-6-12-25-21/h3-9,12,15H,2,10-11,13-14,16,24H2,1H3. The first-order valence-corrected chi connectivity index (χ1v) is 10.1. The molecule has 0 aliphatic carbocycles. The van der Waals surface area contributed by atoms with E-state index in [1.807, 2.05) is 42.5 Å². The lowest BCUT2D eigenvalue weighted by atomic mass is 9.85. The molecule has 1 saturated heterocycles. The fraction of sp³-hybridized carbons (Fsp3) is 0.348. The molecule has 1 aliphatic rings. The van der Waals surface area contributed by atoms with Crippen LogP contribution >= 0.6 is 0 Å². The van der Waals surface area contributed by atoms with Crippen molar-refractivity contribution in [2.45, 2.75) is 31.8 Å². The molecule has 1 aromatic carbocycles. The first-order chi connectivity index (χ1) is 14.1. The zero-order valence-electron chi connectivity index (χ0n) is 16.7. The Morgan fingerprint density at radius 1 is 1.17 bits per heavy atom. The van der Waals surface area contributed by atoms with E-state index in [9.17, 15) is 4.79 Å². The van der Waals surface area contributed by atoms with Crippen LogP contribution in [0.25, 0.3) is 10.9 Å². The minimum Gasteiger partial charge on any atom is -0.461 e. The molecular formula is C23H26N4O2. The highest BCUT2D eigenvalue weighted by molar-refractivity contribution is 5.92. The van der Waals surface area contributed by atoms with Crippen molar-refractivity contribution in [1.29, 1.82) is 0 Å². The van der Waals surface area contributed by atoms with Crippen LogP contribution in [-0.2, 0) is 16.8 Å². The number of ether oxygens (including phenoxy) is 1. The second-order valence-corrected chi connectivity index (χ2v) is 7.55. The third-order valence-corrected chi connectivity index (χ3v) is 5.60. The molecule has 0 saturated carbocycles. The molecule has 150 valence electrons. The molecule has 3 aromatic rings. The highest BCUT2D eigenvalue weighted by Crippen LogP contribution is 2.30. The van der Waals surface area contributed by atoms with Crippen LogP contribution in [0.1, 0.15) is 41.5 Å². The van der Waals surface area contributed by atoms with Crippen molar-refractivity contribution in [3.63, 3.8) is 0 Å². The highest BCUT2D eigenvalue weighted by Gasteiger charge is 2.33. The number of rotatable bonds is 5. The minimum atomic E-state index is -0.381. The zero-order valence-corrected chi connectivity index (χ0v) is 16.7. The summed E-state index contributed by atoms with van der Waals surface area (Å²) in [6.45, 7) is 4.62. The Morgan fingerprint density at radius 2 is 1.93 bits per heavy atom. The van der Waals surface area contributed by atoms with Gasteiger partial charge in [-0.05, 0) is 49.6 Å². The van der Waals surface area contributed by atoms with E-state index in [0.717, 1.165) is 54.6 Å². The van der Waals surface area contributed by atoms with Crippen LogP contribution in [0.3, 0.4) is 0 Å². The number of hydrogen-bond acceptors (Lipinski definition) is 6. The molecule has 4 rings (SSSR count). The first-order valence-electron chi connectivity index (χ1n) is 10.1. The SMILES string of the molecule is CCOC(=O)c1cc(CN2CCC(N)(c3ccccn3)CC2)c2ccccc2n1. The molecule has 2 aromatic heterocycles. The number of benzene rings is 1. The molecule has 0 radical (unpaired) electrons. The summed E-state index contributed by atoms with van der Waals surface area (Å²) in [7, 11) is 0.